The zero-order valence-electron chi connectivity index (χ0n) is 11.9. The summed E-state index contributed by atoms with van der Waals surface area (Å²) in [6, 6.07) is 10.8. The first kappa shape index (κ1) is 12.2. The highest BCUT2D eigenvalue weighted by molar-refractivity contribution is 5.84. The van der Waals surface area contributed by atoms with Crippen molar-refractivity contribution in [2.75, 3.05) is 10.6 Å². The molecule has 1 saturated carbocycles. The normalized spacial score (nSPS) is 14.3. The second-order valence-electron chi connectivity index (χ2n) is 5.56. The molecule has 0 radical (unpaired) electrons. The molecule has 0 saturated heterocycles. The molecule has 1 aliphatic carbocycles. The summed E-state index contributed by atoms with van der Waals surface area (Å²) in [5.41, 5.74) is 3.34. The van der Waals surface area contributed by atoms with Crippen molar-refractivity contribution in [3.63, 3.8) is 0 Å². The Morgan fingerprint density at radius 3 is 2.95 bits per heavy atom. The third-order valence-electron chi connectivity index (χ3n) is 3.59. The Labute approximate surface area is 122 Å². The molecule has 1 aliphatic rings. The van der Waals surface area contributed by atoms with Gasteiger partial charge in [-0.1, -0.05) is 0 Å². The zero-order valence-corrected chi connectivity index (χ0v) is 11.9. The highest BCUT2D eigenvalue weighted by Gasteiger charge is 2.21. The molecule has 2 aromatic heterocycles. The van der Waals surface area contributed by atoms with Crippen molar-refractivity contribution < 1.29 is 0 Å². The van der Waals surface area contributed by atoms with E-state index in [9.17, 15) is 0 Å². The minimum atomic E-state index is 0.555. The lowest BCUT2D eigenvalue weighted by atomic mass is 10.2. The van der Waals surface area contributed by atoms with E-state index in [2.05, 4.69) is 50.7 Å². The van der Waals surface area contributed by atoms with Gasteiger partial charge in [0.1, 0.15) is 5.82 Å². The summed E-state index contributed by atoms with van der Waals surface area (Å²) in [5, 5.41) is 7.84. The van der Waals surface area contributed by atoms with E-state index in [4.69, 9.17) is 0 Å². The monoisotopic (exact) mass is 279 g/mol. The van der Waals surface area contributed by atoms with Crippen molar-refractivity contribution >= 4 is 28.4 Å². The van der Waals surface area contributed by atoms with Crippen LogP contribution in [0.25, 0.3) is 10.9 Å². The number of aromatic amines is 1. The Bertz CT molecular complexity index is 788. The number of aromatic nitrogens is 3. The van der Waals surface area contributed by atoms with Crippen LogP contribution in [0.3, 0.4) is 0 Å². The SMILES string of the molecule is Cc1cc2cc(Nc3ccnc(NC4CC4)n3)ccc2[nH]1. The average Bonchev–Trinajstić information content (AvgIpc) is 3.18. The maximum atomic E-state index is 4.49. The fourth-order valence-electron chi connectivity index (χ4n) is 2.41. The third kappa shape index (κ3) is 2.67. The Morgan fingerprint density at radius 2 is 2.10 bits per heavy atom. The van der Waals surface area contributed by atoms with Crippen LogP contribution in [0.2, 0.25) is 0 Å². The molecule has 1 fully saturated rings. The van der Waals surface area contributed by atoms with Gasteiger partial charge in [-0.05, 0) is 50.1 Å². The fourth-order valence-corrected chi connectivity index (χ4v) is 2.41. The summed E-state index contributed by atoms with van der Waals surface area (Å²) in [6.07, 6.45) is 4.20. The van der Waals surface area contributed by atoms with E-state index in [0.717, 1.165) is 17.0 Å². The molecule has 5 nitrogen and oxygen atoms in total. The van der Waals surface area contributed by atoms with Gasteiger partial charge in [-0.3, -0.25) is 0 Å². The summed E-state index contributed by atoms with van der Waals surface area (Å²) in [5.74, 6) is 1.50. The van der Waals surface area contributed by atoms with Gasteiger partial charge in [0, 0.05) is 34.5 Å². The first-order valence-electron chi connectivity index (χ1n) is 7.22. The zero-order chi connectivity index (χ0) is 14.2. The van der Waals surface area contributed by atoms with Gasteiger partial charge in [-0.15, -0.1) is 0 Å². The molecule has 0 bridgehead atoms. The summed E-state index contributed by atoms with van der Waals surface area (Å²) >= 11 is 0. The summed E-state index contributed by atoms with van der Waals surface area (Å²) < 4.78 is 0. The van der Waals surface area contributed by atoms with Gasteiger partial charge in [0.2, 0.25) is 5.95 Å². The van der Waals surface area contributed by atoms with Crippen LogP contribution in [0.1, 0.15) is 18.5 Å². The lowest BCUT2D eigenvalue weighted by Gasteiger charge is -2.08. The van der Waals surface area contributed by atoms with Gasteiger partial charge in [-0.2, -0.15) is 4.98 Å². The number of hydrogen-bond acceptors (Lipinski definition) is 4. The van der Waals surface area contributed by atoms with Crippen molar-refractivity contribution in [3.05, 3.63) is 42.2 Å². The van der Waals surface area contributed by atoms with Gasteiger partial charge in [0.15, 0.2) is 0 Å². The van der Waals surface area contributed by atoms with Crippen LogP contribution in [0, 0.1) is 6.92 Å². The molecule has 0 spiro atoms. The van der Waals surface area contributed by atoms with Crippen LogP contribution in [-0.4, -0.2) is 21.0 Å². The van der Waals surface area contributed by atoms with E-state index in [1.54, 1.807) is 6.20 Å². The third-order valence-corrected chi connectivity index (χ3v) is 3.59. The van der Waals surface area contributed by atoms with Gasteiger partial charge < -0.3 is 15.6 Å². The number of nitrogens with one attached hydrogen (secondary N) is 3. The van der Waals surface area contributed by atoms with Crippen molar-refractivity contribution in [1.82, 2.24) is 15.0 Å². The van der Waals surface area contributed by atoms with E-state index in [1.807, 2.05) is 12.1 Å². The Morgan fingerprint density at radius 1 is 1.19 bits per heavy atom. The van der Waals surface area contributed by atoms with Crippen molar-refractivity contribution in [2.45, 2.75) is 25.8 Å². The molecule has 4 rings (SSSR count). The highest BCUT2D eigenvalue weighted by Crippen LogP contribution is 2.25. The van der Waals surface area contributed by atoms with E-state index < -0.39 is 0 Å². The molecule has 21 heavy (non-hydrogen) atoms. The van der Waals surface area contributed by atoms with Crippen LogP contribution >= 0.6 is 0 Å². The number of anilines is 3. The van der Waals surface area contributed by atoms with Gasteiger partial charge in [-0.25, -0.2) is 4.98 Å². The van der Waals surface area contributed by atoms with Crippen molar-refractivity contribution in [2.24, 2.45) is 0 Å². The van der Waals surface area contributed by atoms with E-state index >= 15 is 0 Å². The van der Waals surface area contributed by atoms with Gasteiger partial charge in [0.05, 0.1) is 0 Å². The molecule has 3 aromatic rings. The van der Waals surface area contributed by atoms with Crippen LogP contribution in [0.5, 0.6) is 0 Å². The molecule has 2 heterocycles. The minimum absolute atomic E-state index is 0.555. The smallest absolute Gasteiger partial charge is 0.224 e. The molecule has 0 unspecified atom stereocenters. The number of fused-ring (bicyclic) bond motifs is 1. The topological polar surface area (TPSA) is 65.6 Å². The maximum absolute atomic E-state index is 4.49. The van der Waals surface area contributed by atoms with E-state index in [-0.39, 0.29) is 0 Å². The lowest BCUT2D eigenvalue weighted by molar-refractivity contribution is 1.05. The van der Waals surface area contributed by atoms with E-state index in [0.29, 0.717) is 12.0 Å². The summed E-state index contributed by atoms with van der Waals surface area (Å²) in [7, 11) is 0. The molecular formula is C16H17N5. The van der Waals surface area contributed by atoms with Crippen molar-refractivity contribution in [3.8, 4) is 0 Å². The van der Waals surface area contributed by atoms with Gasteiger partial charge in [0.25, 0.3) is 0 Å². The Hall–Kier alpha value is -2.56. The van der Waals surface area contributed by atoms with Crippen molar-refractivity contribution in [1.29, 1.82) is 0 Å². The molecule has 106 valence electrons. The predicted molar refractivity (Wildman–Crippen MR) is 85.0 cm³/mol. The minimum Gasteiger partial charge on any atom is -0.359 e. The second kappa shape index (κ2) is 4.77. The molecule has 1 aromatic carbocycles. The standard InChI is InChI=1S/C16H17N5/c1-10-8-11-9-13(4-5-14(11)18-10)19-15-6-7-17-16(21-15)20-12-2-3-12/h4-9,12,18H,2-3H2,1H3,(H2,17,19,20,21). The number of nitrogens with zero attached hydrogens (tertiary/aromatic N) is 2. The number of benzene rings is 1. The quantitative estimate of drug-likeness (QED) is 0.683. The number of rotatable bonds is 4. The molecule has 0 amide bonds. The highest BCUT2D eigenvalue weighted by atomic mass is 15.2. The lowest BCUT2D eigenvalue weighted by Crippen LogP contribution is -2.06. The van der Waals surface area contributed by atoms with Gasteiger partial charge >= 0.3 is 0 Å². The predicted octanol–water partition coefficient (Wildman–Crippen LogP) is 3.58. The fraction of sp³-hybridized carbons (Fsp3) is 0.250. The Balaban J connectivity index is 1.57. The molecule has 5 heteroatoms. The molecule has 0 aliphatic heterocycles. The van der Waals surface area contributed by atoms with Crippen LogP contribution in [0.15, 0.2) is 36.5 Å². The largest absolute Gasteiger partial charge is 0.359 e. The number of H-pyrrole nitrogens is 1. The van der Waals surface area contributed by atoms with Crippen LogP contribution in [0.4, 0.5) is 17.5 Å². The van der Waals surface area contributed by atoms with Crippen LogP contribution in [-0.2, 0) is 0 Å². The second-order valence-corrected chi connectivity index (χ2v) is 5.56. The first-order chi connectivity index (χ1) is 10.3. The first-order valence-corrected chi connectivity index (χ1v) is 7.22. The maximum Gasteiger partial charge on any atom is 0.224 e. The number of hydrogen-bond donors (Lipinski definition) is 3. The molecule has 3 N–H and O–H groups in total. The summed E-state index contributed by atoms with van der Waals surface area (Å²) in [4.78, 5) is 12.1. The van der Waals surface area contributed by atoms with E-state index in [1.165, 1.54) is 23.9 Å². The Kier molecular flexibility index (Phi) is 2.77. The number of aryl methyl sites for hydroxylation is 1. The molecular weight excluding hydrogens is 262 g/mol. The average molecular weight is 279 g/mol. The summed E-state index contributed by atoms with van der Waals surface area (Å²) in [6.45, 7) is 2.06. The van der Waals surface area contributed by atoms with Crippen LogP contribution < -0.4 is 10.6 Å². The molecule has 0 atom stereocenters.